The number of Topliss-reactive ketones (excluding diaryl/α,β-unsaturated/α-hetero) is 1. The van der Waals surface area contributed by atoms with Crippen molar-refractivity contribution in [3.05, 3.63) is 59.9 Å². The lowest BCUT2D eigenvalue weighted by Gasteiger charge is -2.24. The molecular weight excluding hydrogens is 461 g/mol. The van der Waals surface area contributed by atoms with Crippen LogP contribution in [0.1, 0.15) is 22.5 Å². The number of anilines is 3. The number of rotatable bonds is 6. The molecule has 176 valence electrons. The maximum Gasteiger partial charge on any atom is 0.231 e. The molecule has 1 aliphatic heterocycles. The molecule has 9 nitrogen and oxygen atoms in total. The summed E-state index contributed by atoms with van der Waals surface area (Å²) in [5.41, 5.74) is 3.27. The third-order valence-corrected chi connectivity index (χ3v) is 7.07. The van der Waals surface area contributed by atoms with Crippen LogP contribution in [0.5, 0.6) is 0 Å². The van der Waals surface area contributed by atoms with E-state index in [1.807, 2.05) is 30.3 Å². The molecule has 2 atom stereocenters. The van der Waals surface area contributed by atoms with Gasteiger partial charge in [-0.15, -0.1) is 0 Å². The quantitative estimate of drug-likeness (QED) is 0.495. The minimum Gasteiger partial charge on any atom is -0.355 e. The van der Waals surface area contributed by atoms with Crippen LogP contribution < -0.4 is 10.6 Å². The summed E-state index contributed by atoms with van der Waals surface area (Å²) in [6.07, 6.45) is 1.65. The number of pyridine rings is 1. The van der Waals surface area contributed by atoms with Gasteiger partial charge in [0.15, 0.2) is 5.78 Å². The fourth-order valence-electron chi connectivity index (χ4n) is 4.00. The number of ketones is 1. The number of hydrogen-bond donors (Lipinski definition) is 3. The third-order valence-electron chi connectivity index (χ3n) is 5.87. The molecule has 0 bridgehead atoms. The lowest BCUT2D eigenvalue weighted by molar-refractivity contribution is -0.117. The number of aromatic nitrogens is 2. The number of sulfonamides is 1. The van der Waals surface area contributed by atoms with Crippen LogP contribution in [0.2, 0.25) is 0 Å². The molecule has 34 heavy (non-hydrogen) atoms. The Labute approximate surface area is 195 Å². The fourth-order valence-corrected chi connectivity index (χ4v) is 4.72. The van der Waals surface area contributed by atoms with E-state index < -0.39 is 28.0 Å². The van der Waals surface area contributed by atoms with Gasteiger partial charge in [-0.25, -0.2) is 17.8 Å². The standard InChI is InChI=1S/C23H22FN5O4S/c1-34(32,33)29-11-17-20(18(30)12-29)22(26-14-5-3-2-4-6-14)21(27-17)13-7-8-25-19(9-13)28-23(31)15-10-16(15)24/h2-9,15-16,26-27H,10-12H2,1H3,(H,25,28,31)/t15-,16+/m0/s1. The maximum absolute atomic E-state index is 13.2. The van der Waals surface area contributed by atoms with Gasteiger partial charge < -0.3 is 15.6 Å². The molecule has 1 saturated carbocycles. The predicted octanol–water partition coefficient (Wildman–Crippen LogP) is 3.07. The van der Waals surface area contributed by atoms with E-state index in [1.165, 1.54) is 6.20 Å². The summed E-state index contributed by atoms with van der Waals surface area (Å²) < 4.78 is 38.5. The zero-order chi connectivity index (χ0) is 24.0. The molecule has 2 aliphatic rings. The first-order chi connectivity index (χ1) is 16.2. The van der Waals surface area contributed by atoms with Gasteiger partial charge in [0.25, 0.3) is 0 Å². The molecule has 1 amide bonds. The molecule has 0 saturated heterocycles. The van der Waals surface area contributed by atoms with Crippen LogP contribution in [-0.2, 0) is 21.4 Å². The van der Waals surface area contributed by atoms with Gasteiger partial charge in [0, 0.05) is 23.1 Å². The Morgan fingerprint density at radius 2 is 1.94 bits per heavy atom. The second-order valence-electron chi connectivity index (χ2n) is 8.45. The largest absolute Gasteiger partial charge is 0.355 e. The van der Waals surface area contributed by atoms with Gasteiger partial charge >= 0.3 is 0 Å². The van der Waals surface area contributed by atoms with Crippen LogP contribution >= 0.6 is 0 Å². The summed E-state index contributed by atoms with van der Waals surface area (Å²) in [6.45, 7) is -0.229. The van der Waals surface area contributed by atoms with E-state index in [2.05, 4.69) is 20.6 Å². The molecule has 3 N–H and O–H groups in total. The molecule has 0 radical (unpaired) electrons. The van der Waals surface area contributed by atoms with E-state index in [9.17, 15) is 22.4 Å². The number of aromatic amines is 1. The summed E-state index contributed by atoms with van der Waals surface area (Å²) in [5, 5.41) is 5.91. The number of hydrogen-bond acceptors (Lipinski definition) is 6. The van der Waals surface area contributed by atoms with Gasteiger partial charge in [-0.1, -0.05) is 18.2 Å². The van der Waals surface area contributed by atoms with Crippen LogP contribution in [0.15, 0.2) is 48.7 Å². The van der Waals surface area contributed by atoms with Crippen molar-refractivity contribution in [1.82, 2.24) is 14.3 Å². The second kappa shape index (κ2) is 8.33. The zero-order valence-corrected chi connectivity index (χ0v) is 19.0. The lowest BCUT2D eigenvalue weighted by atomic mass is 10.0. The van der Waals surface area contributed by atoms with Crippen LogP contribution in [-0.4, -0.2) is 53.4 Å². The maximum atomic E-state index is 13.2. The average molecular weight is 484 g/mol. The molecule has 0 spiro atoms. The Morgan fingerprint density at radius 3 is 2.62 bits per heavy atom. The number of fused-ring (bicyclic) bond motifs is 1. The number of nitrogens with zero attached hydrogens (tertiary/aromatic N) is 2. The second-order valence-corrected chi connectivity index (χ2v) is 10.4. The molecule has 5 rings (SSSR count). The van der Waals surface area contributed by atoms with Crippen molar-refractivity contribution in [3.63, 3.8) is 0 Å². The first kappa shape index (κ1) is 22.2. The van der Waals surface area contributed by atoms with Gasteiger partial charge in [0.05, 0.1) is 42.2 Å². The Hall–Kier alpha value is -3.57. The minimum absolute atomic E-state index is 0.0254. The molecule has 2 aromatic heterocycles. The molecule has 1 fully saturated rings. The van der Waals surface area contributed by atoms with Crippen molar-refractivity contribution in [2.24, 2.45) is 5.92 Å². The number of benzene rings is 1. The Bertz CT molecular complexity index is 1390. The highest BCUT2D eigenvalue weighted by Crippen LogP contribution is 2.39. The molecule has 1 aliphatic carbocycles. The van der Waals surface area contributed by atoms with Crippen molar-refractivity contribution in [1.29, 1.82) is 0 Å². The number of halogens is 1. The summed E-state index contributed by atoms with van der Waals surface area (Å²) in [7, 11) is -3.57. The average Bonchev–Trinajstić information content (AvgIpc) is 3.42. The number of nitrogens with one attached hydrogen (secondary N) is 3. The van der Waals surface area contributed by atoms with Gasteiger partial charge in [-0.05, 0) is 30.7 Å². The number of carbonyl (C=O) groups excluding carboxylic acids is 2. The van der Waals surface area contributed by atoms with E-state index in [0.717, 1.165) is 16.2 Å². The minimum atomic E-state index is -3.57. The number of para-hydroxylation sites is 1. The van der Waals surface area contributed by atoms with Crippen LogP contribution in [0, 0.1) is 5.92 Å². The molecule has 0 unspecified atom stereocenters. The Balaban J connectivity index is 1.56. The first-order valence-electron chi connectivity index (χ1n) is 10.7. The van der Waals surface area contributed by atoms with Crippen molar-refractivity contribution in [2.75, 3.05) is 23.4 Å². The number of H-pyrrole nitrogens is 1. The Morgan fingerprint density at radius 1 is 1.21 bits per heavy atom. The highest BCUT2D eigenvalue weighted by atomic mass is 32.2. The van der Waals surface area contributed by atoms with Crippen molar-refractivity contribution in [3.8, 4) is 11.3 Å². The van der Waals surface area contributed by atoms with Crippen molar-refractivity contribution < 1.29 is 22.4 Å². The van der Waals surface area contributed by atoms with Gasteiger partial charge in [0.2, 0.25) is 15.9 Å². The third kappa shape index (κ3) is 4.31. The van der Waals surface area contributed by atoms with Crippen molar-refractivity contribution in [2.45, 2.75) is 19.1 Å². The predicted molar refractivity (Wildman–Crippen MR) is 125 cm³/mol. The number of amides is 1. The first-order valence-corrected chi connectivity index (χ1v) is 12.5. The van der Waals surface area contributed by atoms with Crippen molar-refractivity contribution >= 4 is 38.9 Å². The highest BCUT2D eigenvalue weighted by molar-refractivity contribution is 7.88. The topological polar surface area (TPSA) is 124 Å². The fraction of sp³-hybridized carbons (Fsp3) is 0.261. The SMILES string of the molecule is CS(=O)(=O)N1CC(=O)c2c([nH]c(-c3ccnc(NC(=O)[C@H]4C[C@H]4F)c3)c2Nc2ccccc2)C1. The van der Waals surface area contributed by atoms with Gasteiger partial charge in [-0.3, -0.25) is 9.59 Å². The smallest absolute Gasteiger partial charge is 0.231 e. The summed E-state index contributed by atoms with van der Waals surface area (Å²) >= 11 is 0. The Kier molecular flexibility index (Phi) is 5.45. The summed E-state index contributed by atoms with van der Waals surface area (Å²) in [5.74, 6) is -1.16. The van der Waals surface area contributed by atoms with E-state index in [-0.39, 0.29) is 31.1 Å². The summed E-state index contributed by atoms with van der Waals surface area (Å²) in [4.78, 5) is 32.6. The molecular formula is C23H22FN5O4S. The highest BCUT2D eigenvalue weighted by Gasteiger charge is 2.43. The monoisotopic (exact) mass is 483 g/mol. The lowest BCUT2D eigenvalue weighted by Crippen LogP contribution is -2.38. The normalized spacial score (nSPS) is 20.0. The van der Waals surface area contributed by atoms with Crippen LogP contribution in [0.4, 0.5) is 21.6 Å². The molecule has 11 heteroatoms. The number of carbonyl (C=O) groups is 2. The molecule has 3 heterocycles. The summed E-state index contributed by atoms with van der Waals surface area (Å²) in [6, 6.07) is 12.6. The van der Waals surface area contributed by atoms with E-state index in [0.29, 0.717) is 28.2 Å². The zero-order valence-electron chi connectivity index (χ0n) is 18.2. The van der Waals surface area contributed by atoms with Crippen LogP contribution in [0.25, 0.3) is 11.3 Å². The molecule has 1 aromatic carbocycles. The van der Waals surface area contributed by atoms with E-state index >= 15 is 0 Å². The van der Waals surface area contributed by atoms with Gasteiger partial charge in [-0.2, -0.15) is 4.31 Å². The van der Waals surface area contributed by atoms with E-state index in [4.69, 9.17) is 0 Å². The van der Waals surface area contributed by atoms with Crippen LogP contribution in [0.3, 0.4) is 0 Å². The number of alkyl halides is 1. The van der Waals surface area contributed by atoms with Gasteiger partial charge in [0.1, 0.15) is 12.0 Å². The van der Waals surface area contributed by atoms with E-state index in [1.54, 1.807) is 12.1 Å². The molecule has 3 aromatic rings.